The maximum Gasteiger partial charge on any atom is 0.320 e. The van der Waals surface area contributed by atoms with E-state index in [1.54, 1.807) is 48.3 Å². The zero-order valence-corrected chi connectivity index (χ0v) is 13.7. The van der Waals surface area contributed by atoms with E-state index in [1.807, 2.05) is 6.92 Å². The fourth-order valence-electron chi connectivity index (χ4n) is 2.52. The van der Waals surface area contributed by atoms with Crippen LogP contribution in [-0.4, -0.2) is 34.8 Å². The highest BCUT2D eigenvalue weighted by atomic mass is 16.2. The highest BCUT2D eigenvalue weighted by Gasteiger charge is 2.28. The van der Waals surface area contributed by atoms with E-state index in [4.69, 9.17) is 0 Å². The first kappa shape index (κ1) is 16.0. The number of benzene rings is 1. The molecule has 7 nitrogen and oxygen atoms in total. The summed E-state index contributed by atoms with van der Waals surface area (Å²) in [6.07, 6.45) is 4.12. The van der Waals surface area contributed by atoms with E-state index in [0.717, 1.165) is 5.69 Å². The normalized spacial score (nSPS) is 14.8. The second kappa shape index (κ2) is 6.74. The molecule has 126 valence electrons. The molecule has 1 aliphatic rings. The molecule has 24 heavy (non-hydrogen) atoms. The minimum atomic E-state index is -0.241. The third-order valence-corrected chi connectivity index (χ3v) is 4.14. The van der Waals surface area contributed by atoms with Crippen LogP contribution in [0.4, 0.5) is 10.6 Å². The minimum Gasteiger partial charge on any atom is -0.355 e. The number of urea groups is 1. The van der Waals surface area contributed by atoms with E-state index >= 15 is 0 Å². The van der Waals surface area contributed by atoms with Crippen molar-refractivity contribution < 1.29 is 9.59 Å². The Bertz CT molecular complexity index is 734. The van der Waals surface area contributed by atoms with Crippen LogP contribution < -0.4 is 16.0 Å². The van der Waals surface area contributed by atoms with E-state index in [0.29, 0.717) is 17.3 Å². The molecule has 2 aromatic rings. The third kappa shape index (κ3) is 3.73. The maximum atomic E-state index is 11.9. The number of rotatable bonds is 5. The second-order valence-corrected chi connectivity index (χ2v) is 6.00. The molecule has 1 aromatic carbocycles. The molecule has 0 radical (unpaired) electrons. The van der Waals surface area contributed by atoms with Crippen molar-refractivity contribution in [1.29, 1.82) is 0 Å². The van der Waals surface area contributed by atoms with Crippen molar-refractivity contribution in [2.75, 3.05) is 12.4 Å². The summed E-state index contributed by atoms with van der Waals surface area (Å²) in [6.45, 7) is 2.02. The number of carbonyl (C=O) groups is 2. The van der Waals surface area contributed by atoms with Gasteiger partial charge in [-0.3, -0.25) is 10.1 Å². The summed E-state index contributed by atoms with van der Waals surface area (Å²) in [5.74, 6) is 0.948. The predicted octanol–water partition coefficient (Wildman–Crippen LogP) is 2.15. The fraction of sp³-hybridized carbons (Fsp3) is 0.353. The van der Waals surface area contributed by atoms with Crippen LogP contribution in [0, 0.1) is 5.92 Å². The first-order valence-electron chi connectivity index (χ1n) is 8.02. The lowest BCUT2D eigenvalue weighted by Crippen LogP contribution is -2.37. The molecule has 1 aromatic heterocycles. The van der Waals surface area contributed by atoms with Crippen LogP contribution >= 0.6 is 0 Å². The Morgan fingerprint density at radius 1 is 1.21 bits per heavy atom. The fourth-order valence-corrected chi connectivity index (χ4v) is 2.52. The van der Waals surface area contributed by atoms with Crippen molar-refractivity contribution >= 4 is 17.8 Å². The summed E-state index contributed by atoms with van der Waals surface area (Å²) in [5, 5.41) is 12.6. The Hall–Kier alpha value is -2.83. The molecule has 0 unspecified atom stereocenters. The number of carbonyl (C=O) groups excluding carboxylic acids is 2. The number of nitrogens with one attached hydrogen (secondary N) is 3. The Labute approximate surface area is 140 Å². The van der Waals surface area contributed by atoms with Crippen LogP contribution in [0.2, 0.25) is 0 Å². The average Bonchev–Trinajstić information content (AvgIpc) is 3.34. The van der Waals surface area contributed by atoms with Gasteiger partial charge in [-0.25, -0.2) is 9.48 Å². The number of hydrogen-bond donors (Lipinski definition) is 3. The van der Waals surface area contributed by atoms with Gasteiger partial charge in [0.25, 0.3) is 5.91 Å². The Kier molecular flexibility index (Phi) is 4.50. The van der Waals surface area contributed by atoms with Gasteiger partial charge in [-0.15, -0.1) is 5.10 Å². The number of aromatic nitrogens is 2. The zero-order chi connectivity index (χ0) is 17.1. The highest BCUT2D eigenvalue weighted by Crippen LogP contribution is 2.32. The van der Waals surface area contributed by atoms with Crippen LogP contribution in [0.5, 0.6) is 0 Å². The molecule has 0 spiro atoms. The number of hydrogen-bond acceptors (Lipinski definition) is 3. The van der Waals surface area contributed by atoms with Gasteiger partial charge in [0.15, 0.2) is 5.82 Å². The second-order valence-electron chi connectivity index (χ2n) is 6.00. The van der Waals surface area contributed by atoms with Gasteiger partial charge in [-0.2, -0.15) is 0 Å². The molecule has 3 rings (SSSR count). The number of anilines is 1. The Morgan fingerprint density at radius 2 is 1.92 bits per heavy atom. The first-order chi connectivity index (χ1) is 11.6. The molecule has 3 amide bonds. The largest absolute Gasteiger partial charge is 0.355 e. The third-order valence-electron chi connectivity index (χ3n) is 4.14. The SMILES string of the molecule is CNC(=O)c1ccc(-n2ccc(NC(=O)N[C@@H](C)C3CC3)n2)cc1. The molecule has 1 aliphatic carbocycles. The van der Waals surface area contributed by atoms with Crippen molar-refractivity contribution in [2.24, 2.45) is 5.92 Å². The summed E-state index contributed by atoms with van der Waals surface area (Å²) >= 11 is 0. The van der Waals surface area contributed by atoms with E-state index in [-0.39, 0.29) is 18.0 Å². The molecule has 7 heteroatoms. The average molecular weight is 327 g/mol. The highest BCUT2D eigenvalue weighted by molar-refractivity contribution is 5.94. The van der Waals surface area contributed by atoms with Gasteiger partial charge in [0.05, 0.1) is 5.69 Å². The van der Waals surface area contributed by atoms with Crippen molar-refractivity contribution in [3.63, 3.8) is 0 Å². The van der Waals surface area contributed by atoms with Gasteiger partial charge in [-0.1, -0.05) is 0 Å². The lowest BCUT2D eigenvalue weighted by atomic mass is 10.2. The van der Waals surface area contributed by atoms with E-state index in [1.165, 1.54) is 12.8 Å². The standard InChI is InChI=1S/C17H21N5O2/c1-11(12-3-4-12)19-17(24)20-15-9-10-22(21-15)14-7-5-13(6-8-14)16(23)18-2/h5-12H,3-4H2,1-2H3,(H,18,23)(H2,19,20,21,24)/t11-/m0/s1. The summed E-state index contributed by atoms with van der Waals surface area (Å²) in [7, 11) is 1.59. The first-order valence-corrected chi connectivity index (χ1v) is 8.02. The van der Waals surface area contributed by atoms with Crippen LogP contribution in [-0.2, 0) is 0 Å². The van der Waals surface area contributed by atoms with Crippen molar-refractivity contribution in [3.8, 4) is 5.69 Å². The lowest BCUT2D eigenvalue weighted by molar-refractivity contribution is 0.0963. The molecular formula is C17H21N5O2. The molecule has 1 atom stereocenters. The monoisotopic (exact) mass is 327 g/mol. The van der Waals surface area contributed by atoms with Crippen LogP contribution in [0.3, 0.4) is 0 Å². The molecular weight excluding hydrogens is 306 g/mol. The van der Waals surface area contributed by atoms with Gasteiger partial charge in [0.2, 0.25) is 0 Å². The molecule has 0 bridgehead atoms. The van der Waals surface area contributed by atoms with Gasteiger partial charge in [-0.05, 0) is 49.9 Å². The van der Waals surface area contributed by atoms with Crippen LogP contribution in [0.1, 0.15) is 30.1 Å². The lowest BCUT2D eigenvalue weighted by Gasteiger charge is -2.12. The summed E-state index contributed by atoms with van der Waals surface area (Å²) in [4.78, 5) is 23.5. The van der Waals surface area contributed by atoms with Crippen molar-refractivity contribution in [2.45, 2.75) is 25.8 Å². The number of amides is 3. The van der Waals surface area contributed by atoms with Gasteiger partial charge >= 0.3 is 6.03 Å². The summed E-state index contributed by atoms with van der Waals surface area (Å²) < 4.78 is 1.65. The molecule has 0 saturated heterocycles. The van der Waals surface area contributed by atoms with Gasteiger partial charge in [0, 0.05) is 30.9 Å². The van der Waals surface area contributed by atoms with Crippen molar-refractivity contribution in [3.05, 3.63) is 42.1 Å². The van der Waals surface area contributed by atoms with E-state index in [9.17, 15) is 9.59 Å². The molecule has 1 fully saturated rings. The minimum absolute atomic E-state index is 0.133. The van der Waals surface area contributed by atoms with Gasteiger partial charge < -0.3 is 10.6 Å². The van der Waals surface area contributed by atoms with E-state index < -0.39 is 0 Å². The van der Waals surface area contributed by atoms with Crippen molar-refractivity contribution in [1.82, 2.24) is 20.4 Å². The topological polar surface area (TPSA) is 88.0 Å². The van der Waals surface area contributed by atoms with E-state index in [2.05, 4.69) is 21.0 Å². The summed E-state index contributed by atoms with van der Waals surface area (Å²) in [5.41, 5.74) is 1.39. The number of nitrogens with zero attached hydrogens (tertiary/aromatic N) is 2. The van der Waals surface area contributed by atoms with Gasteiger partial charge in [0.1, 0.15) is 0 Å². The molecule has 0 aliphatic heterocycles. The predicted molar refractivity (Wildman–Crippen MR) is 91.3 cm³/mol. The summed E-state index contributed by atoms with van der Waals surface area (Å²) in [6, 6.07) is 8.74. The maximum absolute atomic E-state index is 11.9. The molecule has 1 heterocycles. The molecule has 3 N–H and O–H groups in total. The smallest absolute Gasteiger partial charge is 0.320 e. The zero-order valence-electron chi connectivity index (χ0n) is 13.7. The Balaban J connectivity index is 1.62. The van der Waals surface area contributed by atoms with Crippen LogP contribution in [0.15, 0.2) is 36.5 Å². The molecule has 1 saturated carbocycles. The van der Waals surface area contributed by atoms with Crippen LogP contribution in [0.25, 0.3) is 5.69 Å². The Morgan fingerprint density at radius 3 is 2.54 bits per heavy atom. The quantitative estimate of drug-likeness (QED) is 0.786.